The van der Waals surface area contributed by atoms with Gasteiger partial charge in [0.25, 0.3) is 5.56 Å². The molecule has 0 fully saturated rings. The second kappa shape index (κ2) is 11.9. The number of aromatic amines is 1. The van der Waals surface area contributed by atoms with Crippen LogP contribution in [-0.2, 0) is 23.0 Å². The van der Waals surface area contributed by atoms with Gasteiger partial charge in [0.2, 0.25) is 10.0 Å². The van der Waals surface area contributed by atoms with Gasteiger partial charge in [-0.1, -0.05) is 40.2 Å². The highest BCUT2D eigenvalue weighted by atomic mass is 32.2. The fraction of sp³-hybridized carbons (Fsp3) is 0.407. The predicted molar refractivity (Wildman–Crippen MR) is 147 cm³/mol. The number of aryl methyl sites for hydroxylation is 1. The first-order valence-corrected chi connectivity index (χ1v) is 14.4. The van der Waals surface area contributed by atoms with Crippen LogP contribution in [0.2, 0.25) is 0 Å². The Morgan fingerprint density at radius 2 is 1.82 bits per heavy atom. The number of sulfonamides is 1. The molecule has 1 N–H and O–H groups in total. The molecule has 0 unspecified atom stereocenters. The first-order valence-electron chi connectivity index (χ1n) is 13.0. The third kappa shape index (κ3) is 5.48. The highest BCUT2D eigenvalue weighted by Gasteiger charge is 2.25. The van der Waals surface area contributed by atoms with Gasteiger partial charge >= 0.3 is 0 Å². The number of nitrogens with one attached hydrogen (secondary N) is 1. The van der Waals surface area contributed by atoms with Gasteiger partial charge < -0.3 is 9.72 Å². The lowest BCUT2D eigenvalue weighted by molar-refractivity contribution is 0.318. The Kier molecular flexibility index (Phi) is 8.58. The van der Waals surface area contributed by atoms with Crippen molar-refractivity contribution in [2.45, 2.75) is 58.4 Å². The summed E-state index contributed by atoms with van der Waals surface area (Å²) in [7, 11) is -3.73. The van der Waals surface area contributed by atoms with Crippen molar-refractivity contribution in [3.05, 3.63) is 64.3 Å². The standard InChI is InChI=1S/C27H34N6O4S/c1-5-11-22-24-25(31-33(22)18-19-12-9-10-15-28-19)27(34)30-26(29-24)21-17-20(13-14-23(21)37-16-6-2)38(35,36)32(7-3)8-4/h9-10,12-15,17H,5-8,11,16,18H2,1-4H3,(H,29,30,34). The van der Waals surface area contributed by atoms with Gasteiger partial charge in [0.15, 0.2) is 5.52 Å². The second-order valence-corrected chi connectivity index (χ2v) is 10.8. The molecular weight excluding hydrogens is 504 g/mol. The highest BCUT2D eigenvalue weighted by Crippen LogP contribution is 2.32. The largest absolute Gasteiger partial charge is 0.493 e. The average Bonchev–Trinajstić information content (AvgIpc) is 3.26. The first-order chi connectivity index (χ1) is 18.3. The summed E-state index contributed by atoms with van der Waals surface area (Å²) in [5.41, 5.74) is 2.37. The van der Waals surface area contributed by atoms with E-state index in [4.69, 9.17) is 9.72 Å². The zero-order chi connectivity index (χ0) is 27.3. The molecule has 1 aromatic carbocycles. The summed E-state index contributed by atoms with van der Waals surface area (Å²) >= 11 is 0. The van der Waals surface area contributed by atoms with E-state index in [0.717, 1.165) is 24.2 Å². The molecule has 3 aromatic heterocycles. The van der Waals surface area contributed by atoms with Crippen LogP contribution in [-0.4, -0.2) is 57.2 Å². The molecule has 38 heavy (non-hydrogen) atoms. The quantitative estimate of drug-likeness (QED) is 0.289. The van der Waals surface area contributed by atoms with Crippen LogP contribution in [0.5, 0.6) is 5.75 Å². The third-order valence-electron chi connectivity index (χ3n) is 6.24. The fourth-order valence-electron chi connectivity index (χ4n) is 4.36. The number of hydrogen-bond acceptors (Lipinski definition) is 7. The molecule has 4 aromatic rings. The number of benzene rings is 1. The van der Waals surface area contributed by atoms with E-state index < -0.39 is 15.6 Å². The Balaban J connectivity index is 1.90. The second-order valence-electron chi connectivity index (χ2n) is 8.88. The smallest absolute Gasteiger partial charge is 0.279 e. The third-order valence-corrected chi connectivity index (χ3v) is 8.28. The van der Waals surface area contributed by atoms with Crippen LogP contribution in [0.1, 0.15) is 51.9 Å². The monoisotopic (exact) mass is 538 g/mol. The average molecular weight is 539 g/mol. The van der Waals surface area contributed by atoms with E-state index in [1.807, 2.05) is 25.1 Å². The summed E-state index contributed by atoms with van der Waals surface area (Å²) < 4.78 is 35.6. The molecule has 10 nitrogen and oxygen atoms in total. The molecule has 0 aliphatic rings. The zero-order valence-electron chi connectivity index (χ0n) is 22.3. The lowest BCUT2D eigenvalue weighted by Gasteiger charge is -2.19. The normalized spacial score (nSPS) is 11.9. The molecule has 3 heterocycles. The van der Waals surface area contributed by atoms with Gasteiger partial charge in [-0.05, 0) is 43.2 Å². The van der Waals surface area contributed by atoms with E-state index in [2.05, 4.69) is 22.0 Å². The minimum atomic E-state index is -3.73. The minimum absolute atomic E-state index is 0.113. The first kappa shape index (κ1) is 27.5. The maximum absolute atomic E-state index is 13.3. The van der Waals surface area contributed by atoms with Gasteiger partial charge in [0, 0.05) is 19.3 Å². The van der Waals surface area contributed by atoms with E-state index in [1.54, 1.807) is 30.8 Å². The topological polar surface area (TPSA) is 123 Å². The van der Waals surface area contributed by atoms with E-state index in [0.29, 0.717) is 49.5 Å². The molecule has 0 bridgehead atoms. The van der Waals surface area contributed by atoms with E-state index in [1.165, 1.54) is 16.4 Å². The van der Waals surface area contributed by atoms with E-state index in [-0.39, 0.29) is 16.2 Å². The molecular formula is C27H34N6O4S. The summed E-state index contributed by atoms with van der Waals surface area (Å²) in [6.45, 7) is 9.16. The molecule has 202 valence electrons. The Bertz CT molecular complexity index is 1560. The van der Waals surface area contributed by atoms with E-state index >= 15 is 0 Å². The lowest BCUT2D eigenvalue weighted by atomic mass is 10.1. The number of aromatic nitrogens is 5. The SMILES string of the molecule is CCCOc1ccc(S(=O)(=O)N(CC)CC)cc1-c1nc2c(CCC)n(Cc3ccccn3)nc2c(=O)[nH]1. The van der Waals surface area contributed by atoms with E-state index in [9.17, 15) is 13.2 Å². The van der Waals surface area contributed by atoms with Crippen molar-refractivity contribution < 1.29 is 13.2 Å². The molecule has 11 heteroatoms. The summed E-state index contributed by atoms with van der Waals surface area (Å²) in [6.07, 6.45) is 3.98. The summed E-state index contributed by atoms with van der Waals surface area (Å²) in [5, 5.41) is 4.57. The van der Waals surface area contributed by atoms with Crippen LogP contribution in [0.15, 0.2) is 52.3 Å². The summed E-state index contributed by atoms with van der Waals surface area (Å²) in [6, 6.07) is 10.4. The van der Waals surface area contributed by atoms with Crippen LogP contribution in [0.3, 0.4) is 0 Å². The van der Waals surface area contributed by atoms with Crippen molar-refractivity contribution in [1.82, 2.24) is 29.0 Å². The van der Waals surface area contributed by atoms with Crippen LogP contribution in [0, 0.1) is 0 Å². The Morgan fingerprint density at radius 1 is 1.03 bits per heavy atom. The van der Waals surface area contributed by atoms with Crippen molar-refractivity contribution in [1.29, 1.82) is 0 Å². The number of ether oxygens (including phenoxy) is 1. The van der Waals surface area contributed by atoms with Gasteiger partial charge in [-0.3, -0.25) is 14.5 Å². The summed E-state index contributed by atoms with van der Waals surface area (Å²) in [4.78, 5) is 25.4. The van der Waals surface area contributed by atoms with Crippen LogP contribution >= 0.6 is 0 Å². The maximum Gasteiger partial charge on any atom is 0.279 e. The van der Waals surface area contributed by atoms with Gasteiger partial charge in [0.05, 0.1) is 35.0 Å². The molecule has 0 atom stereocenters. The molecule has 0 amide bonds. The van der Waals surface area contributed by atoms with Crippen molar-refractivity contribution in [2.75, 3.05) is 19.7 Å². The van der Waals surface area contributed by atoms with Crippen LogP contribution in [0.4, 0.5) is 0 Å². The highest BCUT2D eigenvalue weighted by molar-refractivity contribution is 7.89. The molecule has 4 rings (SSSR count). The fourth-order valence-corrected chi connectivity index (χ4v) is 5.84. The Labute approximate surface area is 222 Å². The molecule has 0 saturated heterocycles. The molecule has 0 aliphatic carbocycles. The molecule has 0 saturated carbocycles. The Morgan fingerprint density at radius 3 is 2.47 bits per heavy atom. The maximum atomic E-state index is 13.3. The van der Waals surface area contributed by atoms with Gasteiger partial charge in [-0.2, -0.15) is 9.40 Å². The number of nitrogens with zero attached hydrogens (tertiary/aromatic N) is 5. The molecule has 0 aliphatic heterocycles. The number of rotatable bonds is 12. The number of hydrogen-bond donors (Lipinski definition) is 1. The van der Waals surface area contributed by atoms with Crippen LogP contribution in [0.25, 0.3) is 22.4 Å². The molecule has 0 radical (unpaired) electrons. The van der Waals surface area contributed by atoms with Gasteiger partial charge in [-0.15, -0.1) is 0 Å². The lowest BCUT2D eigenvalue weighted by Crippen LogP contribution is -2.30. The van der Waals surface area contributed by atoms with Gasteiger partial charge in [-0.25, -0.2) is 13.4 Å². The number of H-pyrrole nitrogens is 1. The van der Waals surface area contributed by atoms with Crippen molar-refractivity contribution in [3.63, 3.8) is 0 Å². The van der Waals surface area contributed by atoms with Crippen molar-refractivity contribution in [2.24, 2.45) is 0 Å². The van der Waals surface area contributed by atoms with Crippen LogP contribution < -0.4 is 10.3 Å². The number of fused-ring (bicyclic) bond motifs is 1. The van der Waals surface area contributed by atoms with Crippen molar-refractivity contribution in [3.8, 4) is 17.1 Å². The predicted octanol–water partition coefficient (Wildman–Crippen LogP) is 4.00. The Hall–Kier alpha value is -3.57. The van der Waals surface area contributed by atoms with Gasteiger partial charge in [0.1, 0.15) is 17.1 Å². The van der Waals surface area contributed by atoms with Crippen molar-refractivity contribution >= 4 is 21.1 Å². The summed E-state index contributed by atoms with van der Waals surface area (Å²) in [5.74, 6) is 0.686. The zero-order valence-corrected chi connectivity index (χ0v) is 23.1. The minimum Gasteiger partial charge on any atom is -0.493 e. The number of pyridine rings is 1. The molecule has 0 spiro atoms.